The van der Waals surface area contributed by atoms with E-state index in [0.717, 1.165) is 30.9 Å². The average molecular weight is 296 g/mol. The summed E-state index contributed by atoms with van der Waals surface area (Å²) in [5.74, 6) is 1.11. The van der Waals surface area contributed by atoms with Crippen LogP contribution in [0.3, 0.4) is 0 Å². The average Bonchev–Trinajstić information content (AvgIpc) is 2.83. The van der Waals surface area contributed by atoms with Gasteiger partial charge in [-0.25, -0.2) is 18.4 Å². The summed E-state index contributed by atoms with van der Waals surface area (Å²) in [5.41, 5.74) is 1.03. The van der Waals surface area contributed by atoms with Crippen LogP contribution < -0.4 is 4.90 Å². The van der Waals surface area contributed by atoms with Gasteiger partial charge in [0.25, 0.3) is 0 Å². The molecule has 0 aliphatic carbocycles. The van der Waals surface area contributed by atoms with Gasteiger partial charge in [-0.1, -0.05) is 0 Å². The molecule has 2 aliphatic rings. The summed E-state index contributed by atoms with van der Waals surface area (Å²) < 4.78 is 25.1. The van der Waals surface area contributed by atoms with Crippen molar-refractivity contribution < 1.29 is 8.42 Å². The van der Waals surface area contributed by atoms with Gasteiger partial charge in [-0.05, 0) is 31.2 Å². The Morgan fingerprint density at radius 1 is 1.25 bits per heavy atom. The first-order valence-corrected chi connectivity index (χ1v) is 8.80. The highest BCUT2D eigenvalue weighted by atomic mass is 32.2. The fraction of sp³-hybridized carbons (Fsp3) is 0.692. The molecule has 0 spiro atoms. The largest absolute Gasteiger partial charge is 0.336 e. The molecule has 1 aromatic rings. The molecule has 2 saturated heterocycles. The van der Waals surface area contributed by atoms with Crippen LogP contribution in [0.15, 0.2) is 12.4 Å². The van der Waals surface area contributed by atoms with E-state index in [0.29, 0.717) is 19.0 Å². The summed E-state index contributed by atoms with van der Waals surface area (Å²) in [5, 5.41) is 0. The van der Waals surface area contributed by atoms with Gasteiger partial charge >= 0.3 is 0 Å². The second-order valence-corrected chi connectivity index (χ2v) is 7.79. The van der Waals surface area contributed by atoms with Gasteiger partial charge < -0.3 is 4.90 Å². The number of piperidine rings is 1. The Balaban J connectivity index is 1.85. The minimum atomic E-state index is -3.11. The van der Waals surface area contributed by atoms with Gasteiger partial charge in [0.05, 0.1) is 6.26 Å². The summed E-state index contributed by atoms with van der Waals surface area (Å²) in [4.78, 5) is 11.0. The monoisotopic (exact) mass is 296 g/mol. The zero-order chi connectivity index (χ0) is 14.3. The first kappa shape index (κ1) is 13.8. The van der Waals surface area contributed by atoms with Crippen LogP contribution in [0.5, 0.6) is 0 Å². The highest BCUT2D eigenvalue weighted by molar-refractivity contribution is 7.88. The first-order valence-electron chi connectivity index (χ1n) is 6.95. The summed E-state index contributed by atoms with van der Waals surface area (Å²) in [6.45, 7) is 4.05. The smallest absolute Gasteiger partial charge is 0.225 e. The van der Waals surface area contributed by atoms with Crippen molar-refractivity contribution in [3.8, 4) is 0 Å². The molecule has 20 heavy (non-hydrogen) atoms. The van der Waals surface area contributed by atoms with Crippen LogP contribution in [-0.2, 0) is 10.0 Å². The van der Waals surface area contributed by atoms with E-state index in [1.165, 1.54) is 6.26 Å². The van der Waals surface area contributed by atoms with E-state index in [1.807, 2.05) is 19.3 Å². The molecule has 7 heteroatoms. The van der Waals surface area contributed by atoms with Crippen molar-refractivity contribution in [2.75, 3.05) is 30.8 Å². The van der Waals surface area contributed by atoms with E-state index >= 15 is 0 Å². The van der Waals surface area contributed by atoms with Gasteiger partial charge in [0, 0.05) is 38.1 Å². The van der Waals surface area contributed by atoms with Crippen molar-refractivity contribution in [1.82, 2.24) is 14.3 Å². The van der Waals surface area contributed by atoms with Crippen molar-refractivity contribution in [2.24, 2.45) is 5.92 Å². The Bertz CT molecular complexity index is 587. The predicted molar refractivity (Wildman–Crippen MR) is 77.0 cm³/mol. The third-order valence-corrected chi connectivity index (χ3v) is 5.48. The topological polar surface area (TPSA) is 66.4 Å². The third-order valence-electron chi connectivity index (χ3n) is 4.24. The molecule has 110 valence electrons. The highest BCUT2D eigenvalue weighted by Gasteiger charge is 2.42. The maximum absolute atomic E-state index is 11.7. The standard InChI is InChI=1S/C13H20N4O2S/c1-10-6-14-13(15-7-10)17-5-3-4-11-8-16(9-12(11)17)20(2,18)19/h6-7,11-12H,3-5,8-9H2,1-2H3/t11-,12-/m1/s1. The van der Waals surface area contributed by atoms with Crippen molar-refractivity contribution >= 4 is 16.0 Å². The molecule has 3 rings (SSSR count). The van der Waals surface area contributed by atoms with Crippen LogP contribution in [0.4, 0.5) is 5.95 Å². The van der Waals surface area contributed by atoms with Crippen molar-refractivity contribution in [3.05, 3.63) is 18.0 Å². The van der Waals surface area contributed by atoms with E-state index in [2.05, 4.69) is 14.9 Å². The maximum atomic E-state index is 11.7. The Labute approximate surface area is 119 Å². The molecule has 3 heterocycles. The number of aromatic nitrogens is 2. The lowest BCUT2D eigenvalue weighted by Gasteiger charge is -2.36. The van der Waals surface area contributed by atoms with Crippen LogP contribution in [0, 0.1) is 12.8 Å². The molecule has 0 radical (unpaired) electrons. The Kier molecular flexibility index (Phi) is 3.41. The van der Waals surface area contributed by atoms with Crippen molar-refractivity contribution in [3.63, 3.8) is 0 Å². The molecule has 1 aromatic heterocycles. The van der Waals surface area contributed by atoms with Gasteiger partial charge in [-0.15, -0.1) is 0 Å². The Morgan fingerprint density at radius 2 is 1.95 bits per heavy atom. The molecule has 0 aromatic carbocycles. The number of aryl methyl sites for hydroxylation is 1. The van der Waals surface area contributed by atoms with Crippen molar-refractivity contribution in [1.29, 1.82) is 0 Å². The quantitative estimate of drug-likeness (QED) is 0.801. The molecule has 2 aliphatic heterocycles. The lowest BCUT2D eigenvalue weighted by molar-refractivity contribution is 0.378. The predicted octanol–water partition coefficient (Wildman–Crippen LogP) is 0.645. The van der Waals surface area contributed by atoms with Crippen LogP contribution in [0.1, 0.15) is 18.4 Å². The zero-order valence-electron chi connectivity index (χ0n) is 11.9. The van der Waals surface area contributed by atoms with E-state index in [9.17, 15) is 8.42 Å². The number of nitrogens with zero attached hydrogens (tertiary/aromatic N) is 4. The fourth-order valence-electron chi connectivity index (χ4n) is 3.20. The van der Waals surface area contributed by atoms with Gasteiger partial charge in [0.2, 0.25) is 16.0 Å². The Morgan fingerprint density at radius 3 is 2.60 bits per heavy atom. The van der Waals surface area contributed by atoms with Crippen LogP contribution >= 0.6 is 0 Å². The fourth-order valence-corrected chi connectivity index (χ4v) is 4.08. The number of fused-ring (bicyclic) bond motifs is 1. The SMILES string of the molecule is Cc1cnc(N2CCC[C@@H]3CN(S(C)(=O)=O)C[C@H]32)nc1. The molecular formula is C13H20N4O2S. The molecule has 2 fully saturated rings. The van der Waals surface area contributed by atoms with E-state index in [4.69, 9.17) is 0 Å². The molecular weight excluding hydrogens is 276 g/mol. The summed E-state index contributed by atoms with van der Waals surface area (Å²) in [6.07, 6.45) is 7.07. The molecule has 6 nitrogen and oxygen atoms in total. The van der Waals surface area contributed by atoms with E-state index in [-0.39, 0.29) is 6.04 Å². The molecule has 2 atom stereocenters. The minimum Gasteiger partial charge on any atom is -0.336 e. The molecule has 0 unspecified atom stereocenters. The number of hydrogen-bond acceptors (Lipinski definition) is 5. The molecule has 0 bridgehead atoms. The molecule has 0 amide bonds. The molecule has 0 N–H and O–H groups in total. The second-order valence-electron chi connectivity index (χ2n) is 5.80. The number of hydrogen-bond donors (Lipinski definition) is 0. The van der Waals surface area contributed by atoms with E-state index in [1.54, 1.807) is 4.31 Å². The van der Waals surface area contributed by atoms with Crippen LogP contribution in [0.2, 0.25) is 0 Å². The number of sulfonamides is 1. The second kappa shape index (κ2) is 4.96. The van der Waals surface area contributed by atoms with Gasteiger partial charge in [0.1, 0.15) is 0 Å². The van der Waals surface area contributed by atoms with Crippen molar-refractivity contribution in [2.45, 2.75) is 25.8 Å². The van der Waals surface area contributed by atoms with E-state index < -0.39 is 10.0 Å². The highest BCUT2D eigenvalue weighted by Crippen LogP contribution is 2.33. The zero-order valence-corrected chi connectivity index (χ0v) is 12.7. The third kappa shape index (κ3) is 2.52. The first-order chi connectivity index (χ1) is 9.45. The lowest BCUT2D eigenvalue weighted by Crippen LogP contribution is -2.46. The Hall–Kier alpha value is -1.21. The summed E-state index contributed by atoms with van der Waals surface area (Å²) in [7, 11) is -3.11. The van der Waals surface area contributed by atoms with Crippen LogP contribution in [0.25, 0.3) is 0 Å². The van der Waals surface area contributed by atoms with Gasteiger partial charge in [-0.2, -0.15) is 4.31 Å². The normalized spacial score (nSPS) is 27.6. The van der Waals surface area contributed by atoms with Gasteiger partial charge in [-0.3, -0.25) is 0 Å². The van der Waals surface area contributed by atoms with Gasteiger partial charge in [0.15, 0.2) is 0 Å². The minimum absolute atomic E-state index is 0.209. The summed E-state index contributed by atoms with van der Waals surface area (Å²) in [6, 6.07) is 0.209. The lowest BCUT2D eigenvalue weighted by atomic mass is 9.92. The summed E-state index contributed by atoms with van der Waals surface area (Å²) >= 11 is 0. The molecule has 0 saturated carbocycles. The van der Waals surface area contributed by atoms with Crippen LogP contribution in [-0.4, -0.2) is 54.6 Å². The number of anilines is 1. The maximum Gasteiger partial charge on any atom is 0.225 e. The number of rotatable bonds is 2.